The Labute approximate surface area is 571 Å². The van der Waals surface area contributed by atoms with Gasteiger partial charge in [0.1, 0.15) is 0 Å². The van der Waals surface area contributed by atoms with Crippen molar-refractivity contribution in [1.29, 1.82) is 0 Å². The molecule has 486 valence electrons. The van der Waals surface area contributed by atoms with Gasteiger partial charge in [-0.2, -0.15) is 0 Å². The maximum absolute atomic E-state index is 2.86. The summed E-state index contributed by atoms with van der Waals surface area (Å²) in [6, 6.07) is 73.5. The van der Waals surface area contributed by atoms with Crippen molar-refractivity contribution in [2.75, 3.05) is 19.6 Å². The summed E-state index contributed by atoms with van der Waals surface area (Å²) in [4.78, 5) is 11.1. The van der Waals surface area contributed by atoms with E-state index in [1.807, 2.05) is 0 Å². The molecule has 0 bridgehead atoms. The summed E-state index contributed by atoms with van der Waals surface area (Å²) < 4.78 is 0. The third-order valence-corrected chi connectivity index (χ3v) is 24.8. The second kappa shape index (κ2) is 21.4. The summed E-state index contributed by atoms with van der Waals surface area (Å²) in [5, 5.41) is 0. The molecular formula is C90H103BN4. The molecule has 2 fully saturated rings. The first-order valence-corrected chi connectivity index (χ1v) is 36.1. The molecule has 0 aromatic heterocycles. The van der Waals surface area contributed by atoms with Gasteiger partial charge in [-0.3, -0.25) is 0 Å². The van der Waals surface area contributed by atoms with E-state index >= 15 is 0 Å². The van der Waals surface area contributed by atoms with E-state index in [1.165, 1.54) is 167 Å². The standard InChI is InChI=1S/C90H103BN4/c1-82(2,3)61-32-29-58(30-33-61)60-31-42-75-70(51-60)87(16)47-23-26-50-90(87,19)95(75)68-56-79-81-80(57-68)93(74-43-36-63(84(7,8)9)52-69(74)59-27-21-20-22-28-59)78-45-38-65(86(13,14)15)54-72(78)91(81)73-55-67(41-46-77(73)92(79)66-39-34-62(35-40-66)83(4,5)6)94-76-44-37-64(85(10,11)12)53-71(76)88(17)48-24-25-49-89(88,94)18/h20-22,27-46,51-57H,23-26,47-50H2,1-19H3. The van der Waals surface area contributed by atoms with Gasteiger partial charge in [-0.1, -0.05) is 247 Å². The second-order valence-corrected chi connectivity index (χ2v) is 35.8. The van der Waals surface area contributed by atoms with E-state index in [4.69, 9.17) is 0 Å². The highest BCUT2D eigenvalue weighted by atomic mass is 15.3. The van der Waals surface area contributed by atoms with Crippen molar-refractivity contribution in [2.45, 2.75) is 232 Å². The number of anilines is 10. The van der Waals surface area contributed by atoms with Gasteiger partial charge in [0.15, 0.2) is 0 Å². The summed E-state index contributed by atoms with van der Waals surface area (Å²) >= 11 is 0. The molecule has 4 atom stereocenters. The van der Waals surface area contributed by atoms with Crippen LogP contribution in [0.2, 0.25) is 0 Å². The third kappa shape index (κ3) is 9.70. The molecule has 95 heavy (non-hydrogen) atoms. The number of benzene rings is 9. The SMILES string of the molecule is CC(C)(C)c1ccc(-c2ccc3c(c2)C2(C)CCCCC2(C)N3c2cc3c4c(c2)N(c2ccc(C(C)(C)C)cc2-c2ccccc2)c2ccc(C(C)(C)C)cc2B4c2cc(N4c5ccc(C(C)(C)C)cc5C5(C)CCCCC45C)ccc2N3c2ccc(C(C)(C)C)cc2)cc1. The topological polar surface area (TPSA) is 13.0 Å². The lowest BCUT2D eigenvalue weighted by Gasteiger charge is -2.51. The van der Waals surface area contributed by atoms with Crippen LogP contribution in [0.3, 0.4) is 0 Å². The lowest BCUT2D eigenvalue weighted by atomic mass is 9.33. The lowest BCUT2D eigenvalue weighted by Crippen LogP contribution is -2.62. The molecule has 0 N–H and O–H groups in total. The van der Waals surface area contributed by atoms with Gasteiger partial charge in [0.2, 0.25) is 0 Å². The van der Waals surface area contributed by atoms with Gasteiger partial charge in [0.25, 0.3) is 6.71 Å². The van der Waals surface area contributed by atoms with Crippen molar-refractivity contribution in [1.82, 2.24) is 0 Å². The van der Waals surface area contributed by atoms with Crippen LogP contribution in [-0.4, -0.2) is 17.8 Å². The van der Waals surface area contributed by atoms with Crippen molar-refractivity contribution >= 4 is 80.0 Å². The zero-order valence-corrected chi connectivity index (χ0v) is 60.8. The molecule has 15 rings (SSSR count). The van der Waals surface area contributed by atoms with Crippen LogP contribution in [0, 0.1) is 0 Å². The molecule has 0 amide bonds. The van der Waals surface area contributed by atoms with Gasteiger partial charge in [-0.15, -0.1) is 0 Å². The van der Waals surface area contributed by atoms with Crippen LogP contribution in [0.1, 0.15) is 222 Å². The number of rotatable bonds is 6. The van der Waals surface area contributed by atoms with E-state index in [0.29, 0.717) is 0 Å². The zero-order chi connectivity index (χ0) is 67.1. The Kier molecular flexibility index (Phi) is 14.2. The van der Waals surface area contributed by atoms with E-state index < -0.39 is 0 Å². The Morgan fingerprint density at radius 2 is 0.716 bits per heavy atom. The van der Waals surface area contributed by atoms with Crippen LogP contribution in [-0.2, 0) is 37.9 Å². The number of nitrogens with zero attached hydrogens (tertiary/aromatic N) is 4. The first kappa shape index (κ1) is 63.3. The molecule has 9 aromatic carbocycles. The Balaban J connectivity index is 1.05. The van der Waals surface area contributed by atoms with Crippen molar-refractivity contribution in [2.24, 2.45) is 0 Å². The lowest BCUT2D eigenvalue weighted by molar-refractivity contribution is 0.195. The summed E-state index contributed by atoms with van der Waals surface area (Å²) in [6.07, 6.45) is 9.42. The van der Waals surface area contributed by atoms with E-state index in [2.05, 4.69) is 333 Å². The van der Waals surface area contributed by atoms with E-state index in [-0.39, 0.29) is 55.7 Å². The van der Waals surface area contributed by atoms with Crippen LogP contribution < -0.4 is 36.0 Å². The maximum atomic E-state index is 2.86. The molecule has 4 unspecified atom stereocenters. The second-order valence-electron chi connectivity index (χ2n) is 35.8. The van der Waals surface area contributed by atoms with Gasteiger partial charge in [-0.25, -0.2) is 0 Å². The minimum absolute atomic E-state index is 0.0181. The number of fused-ring (bicyclic) bond motifs is 10. The van der Waals surface area contributed by atoms with Crippen LogP contribution >= 0.6 is 0 Å². The van der Waals surface area contributed by atoms with Crippen molar-refractivity contribution in [3.05, 3.63) is 221 Å². The zero-order valence-electron chi connectivity index (χ0n) is 60.8. The monoisotopic (exact) mass is 1250 g/mol. The largest absolute Gasteiger partial charge is 0.334 e. The predicted molar refractivity (Wildman–Crippen MR) is 410 cm³/mol. The molecule has 4 aliphatic heterocycles. The number of hydrogen-bond acceptors (Lipinski definition) is 4. The molecular weight excluding hydrogens is 1150 g/mol. The van der Waals surface area contributed by atoms with Gasteiger partial charge in [-0.05, 0) is 217 Å². The van der Waals surface area contributed by atoms with Crippen molar-refractivity contribution < 1.29 is 0 Å². The van der Waals surface area contributed by atoms with Crippen LogP contribution in [0.15, 0.2) is 182 Å². The smallest absolute Gasteiger partial charge is 0.252 e. The Morgan fingerprint density at radius 3 is 1.28 bits per heavy atom. The Hall–Kier alpha value is -7.76. The summed E-state index contributed by atoms with van der Waals surface area (Å²) in [5.41, 5.74) is 30.8. The third-order valence-electron chi connectivity index (χ3n) is 24.8. The molecule has 0 radical (unpaired) electrons. The summed E-state index contributed by atoms with van der Waals surface area (Å²) in [5.74, 6) is 0. The molecule has 6 aliphatic rings. The molecule has 9 aromatic rings. The Bertz CT molecular complexity index is 4540. The summed E-state index contributed by atoms with van der Waals surface area (Å²) in [6.45, 7) is 45.7. The number of hydrogen-bond donors (Lipinski definition) is 0. The van der Waals surface area contributed by atoms with Crippen molar-refractivity contribution in [3.63, 3.8) is 0 Å². The minimum atomic E-state index is -0.227. The average molecular weight is 1250 g/mol. The normalized spacial score (nSPS) is 22.2. The average Bonchev–Trinajstić information content (AvgIpc) is 1.69. The highest BCUT2D eigenvalue weighted by Crippen LogP contribution is 2.64. The van der Waals surface area contributed by atoms with E-state index in [0.717, 1.165) is 19.3 Å². The Morgan fingerprint density at radius 1 is 0.305 bits per heavy atom. The van der Waals surface area contributed by atoms with Crippen molar-refractivity contribution in [3.8, 4) is 22.3 Å². The first-order valence-electron chi connectivity index (χ1n) is 36.1. The molecule has 5 heteroatoms. The van der Waals surface area contributed by atoms with Gasteiger partial charge in [0.05, 0.1) is 16.8 Å². The van der Waals surface area contributed by atoms with E-state index in [1.54, 1.807) is 0 Å². The van der Waals surface area contributed by atoms with Gasteiger partial charge >= 0.3 is 0 Å². The molecule has 2 aliphatic carbocycles. The fourth-order valence-corrected chi connectivity index (χ4v) is 18.5. The quantitative estimate of drug-likeness (QED) is 0.154. The fraction of sp³-hybridized carbons (Fsp3) is 0.400. The molecule has 2 saturated carbocycles. The van der Waals surface area contributed by atoms with Crippen LogP contribution in [0.25, 0.3) is 22.3 Å². The van der Waals surface area contributed by atoms with Crippen LogP contribution in [0.4, 0.5) is 56.9 Å². The summed E-state index contributed by atoms with van der Waals surface area (Å²) in [7, 11) is 0. The van der Waals surface area contributed by atoms with Gasteiger partial charge in [0, 0.05) is 67.6 Å². The first-order chi connectivity index (χ1) is 44.7. The predicted octanol–water partition coefficient (Wildman–Crippen LogP) is 23.1. The van der Waals surface area contributed by atoms with Crippen LogP contribution in [0.5, 0.6) is 0 Å². The fourth-order valence-electron chi connectivity index (χ4n) is 18.5. The van der Waals surface area contributed by atoms with Gasteiger partial charge < -0.3 is 19.6 Å². The molecule has 4 nitrogen and oxygen atoms in total. The molecule has 0 spiro atoms. The molecule has 0 saturated heterocycles. The highest BCUT2D eigenvalue weighted by molar-refractivity contribution is 7.00. The maximum Gasteiger partial charge on any atom is 0.252 e. The van der Waals surface area contributed by atoms with E-state index in [9.17, 15) is 0 Å². The molecule has 4 heterocycles. The highest BCUT2D eigenvalue weighted by Gasteiger charge is 2.60. The minimum Gasteiger partial charge on any atom is -0.334 e.